The number of aliphatic carboxylic acids is 1. The Kier molecular flexibility index (Phi) is 2.52. The van der Waals surface area contributed by atoms with Gasteiger partial charge in [-0.2, -0.15) is 0 Å². The van der Waals surface area contributed by atoms with Crippen molar-refractivity contribution in [2.24, 2.45) is 0 Å². The summed E-state index contributed by atoms with van der Waals surface area (Å²) < 4.78 is 6.82. The van der Waals surface area contributed by atoms with E-state index in [9.17, 15) is 4.79 Å². The van der Waals surface area contributed by atoms with Crippen LogP contribution in [0.15, 0.2) is 28.7 Å². The van der Waals surface area contributed by atoms with E-state index in [0.717, 1.165) is 10.9 Å². The molecule has 0 radical (unpaired) electrons. The normalized spacial score (nSPS) is 11.0. The smallest absolute Gasteiger partial charge is 0.325 e. The van der Waals surface area contributed by atoms with Crippen molar-refractivity contribution in [1.29, 1.82) is 0 Å². The van der Waals surface area contributed by atoms with E-state index in [1.165, 1.54) is 4.68 Å². The third-order valence-corrected chi connectivity index (χ3v) is 2.71. The van der Waals surface area contributed by atoms with Gasteiger partial charge in [-0.3, -0.25) is 4.79 Å². The highest BCUT2D eigenvalue weighted by Crippen LogP contribution is 2.26. The minimum absolute atomic E-state index is 0.302. The third-order valence-electron chi connectivity index (χ3n) is 2.71. The van der Waals surface area contributed by atoms with Crippen LogP contribution in [0.4, 0.5) is 0 Å². The van der Waals surface area contributed by atoms with Gasteiger partial charge in [0.15, 0.2) is 5.76 Å². The lowest BCUT2D eigenvalue weighted by Gasteiger charge is -1.97. The fraction of sp³-hybridized carbons (Fsp3) is 0.167. The Labute approximate surface area is 107 Å². The zero-order chi connectivity index (χ0) is 13.4. The average Bonchev–Trinajstić information content (AvgIpc) is 2.93. The molecule has 0 aliphatic heterocycles. The summed E-state index contributed by atoms with van der Waals surface area (Å²) in [5, 5.41) is 20.6. The first-order chi connectivity index (χ1) is 9.13. The fourth-order valence-corrected chi connectivity index (χ4v) is 1.89. The Hall–Kier alpha value is -2.70. The largest absolute Gasteiger partial charge is 0.480 e. The van der Waals surface area contributed by atoms with E-state index in [4.69, 9.17) is 9.52 Å². The number of hydrogen-bond acceptors (Lipinski definition) is 5. The summed E-state index contributed by atoms with van der Waals surface area (Å²) in [7, 11) is 0. The summed E-state index contributed by atoms with van der Waals surface area (Å²) in [6, 6.07) is 7.58. The average molecular weight is 258 g/mol. The molecular weight excluding hydrogens is 248 g/mol. The van der Waals surface area contributed by atoms with Gasteiger partial charge in [0.25, 0.3) is 0 Å². The second kappa shape index (κ2) is 4.20. The number of furan rings is 1. The maximum absolute atomic E-state index is 10.7. The van der Waals surface area contributed by atoms with Crippen LogP contribution in [0.3, 0.4) is 0 Å². The molecule has 2 aromatic heterocycles. The zero-order valence-corrected chi connectivity index (χ0v) is 10.1. The second-order valence-corrected chi connectivity index (χ2v) is 4.21. The van der Waals surface area contributed by atoms with Crippen molar-refractivity contribution in [2.45, 2.75) is 13.5 Å². The number of tetrazole rings is 1. The predicted octanol–water partition coefficient (Wildman–Crippen LogP) is 1.48. The highest BCUT2D eigenvalue weighted by molar-refractivity contribution is 5.82. The van der Waals surface area contributed by atoms with Crippen LogP contribution in [0.2, 0.25) is 0 Å². The molecular formula is C12H10N4O3. The molecule has 0 saturated heterocycles. The Morgan fingerprint density at radius 2 is 2.26 bits per heavy atom. The minimum atomic E-state index is -1.01. The molecule has 7 nitrogen and oxygen atoms in total. The summed E-state index contributed by atoms with van der Waals surface area (Å²) in [4.78, 5) is 10.7. The van der Waals surface area contributed by atoms with Crippen molar-refractivity contribution in [2.75, 3.05) is 0 Å². The maximum Gasteiger partial charge on any atom is 0.325 e. The van der Waals surface area contributed by atoms with E-state index in [0.29, 0.717) is 17.2 Å². The number of nitrogens with zero attached hydrogens (tertiary/aromatic N) is 4. The first kappa shape index (κ1) is 11.4. The van der Waals surface area contributed by atoms with E-state index in [2.05, 4.69) is 15.5 Å². The quantitative estimate of drug-likeness (QED) is 0.764. The van der Waals surface area contributed by atoms with Crippen molar-refractivity contribution in [3.63, 3.8) is 0 Å². The van der Waals surface area contributed by atoms with Crippen LogP contribution >= 0.6 is 0 Å². The number of aromatic nitrogens is 4. The molecule has 0 fully saturated rings. The van der Waals surface area contributed by atoms with Crippen molar-refractivity contribution >= 4 is 16.9 Å². The first-order valence-corrected chi connectivity index (χ1v) is 5.62. The highest BCUT2D eigenvalue weighted by Gasteiger charge is 2.15. The van der Waals surface area contributed by atoms with E-state index in [1.54, 1.807) is 6.07 Å². The van der Waals surface area contributed by atoms with Crippen LogP contribution in [-0.4, -0.2) is 31.3 Å². The van der Waals surface area contributed by atoms with Crippen molar-refractivity contribution in [3.8, 4) is 11.6 Å². The van der Waals surface area contributed by atoms with E-state index < -0.39 is 5.97 Å². The molecule has 7 heteroatoms. The molecule has 0 aliphatic carbocycles. The van der Waals surface area contributed by atoms with E-state index in [1.807, 2.05) is 25.1 Å². The van der Waals surface area contributed by atoms with Gasteiger partial charge in [0.1, 0.15) is 12.1 Å². The van der Waals surface area contributed by atoms with Gasteiger partial charge in [-0.1, -0.05) is 11.6 Å². The van der Waals surface area contributed by atoms with Crippen molar-refractivity contribution in [1.82, 2.24) is 20.2 Å². The number of hydrogen-bond donors (Lipinski definition) is 1. The third kappa shape index (κ3) is 2.05. The van der Waals surface area contributed by atoms with E-state index in [-0.39, 0.29) is 6.54 Å². The van der Waals surface area contributed by atoms with E-state index >= 15 is 0 Å². The number of carbonyl (C=O) groups is 1. The fourth-order valence-electron chi connectivity index (χ4n) is 1.89. The molecule has 0 bridgehead atoms. The maximum atomic E-state index is 10.7. The minimum Gasteiger partial charge on any atom is -0.480 e. The van der Waals surface area contributed by atoms with Crippen molar-refractivity contribution < 1.29 is 14.3 Å². The topological polar surface area (TPSA) is 94.0 Å². The molecule has 1 N–H and O–H groups in total. The zero-order valence-electron chi connectivity index (χ0n) is 10.1. The van der Waals surface area contributed by atoms with Gasteiger partial charge in [-0.05, 0) is 35.5 Å². The number of carboxylic acids is 1. The van der Waals surface area contributed by atoms with Gasteiger partial charge in [0, 0.05) is 5.39 Å². The Balaban J connectivity index is 2.09. The van der Waals surface area contributed by atoms with Gasteiger partial charge >= 0.3 is 5.97 Å². The van der Waals surface area contributed by atoms with Crippen LogP contribution in [0.1, 0.15) is 5.56 Å². The number of rotatable bonds is 3. The Morgan fingerprint density at radius 1 is 1.42 bits per heavy atom. The number of carboxylic acid groups (broad SMARTS) is 1. The first-order valence-electron chi connectivity index (χ1n) is 5.62. The van der Waals surface area contributed by atoms with Gasteiger partial charge in [0.05, 0.1) is 0 Å². The van der Waals surface area contributed by atoms with Crippen molar-refractivity contribution in [3.05, 3.63) is 29.8 Å². The standard InChI is InChI=1S/C12H10N4O3/c1-7-2-3-9-8(4-7)5-10(19-9)12-13-14-15-16(12)6-11(17)18/h2-5H,6H2,1H3,(H,17,18). The molecule has 96 valence electrons. The molecule has 1 aromatic carbocycles. The lowest BCUT2D eigenvalue weighted by atomic mass is 10.2. The predicted molar refractivity (Wildman–Crippen MR) is 65.4 cm³/mol. The Bertz CT molecular complexity index is 759. The molecule has 2 heterocycles. The molecule has 0 unspecified atom stereocenters. The van der Waals surface area contributed by atoms with Crippen LogP contribution < -0.4 is 0 Å². The summed E-state index contributed by atoms with van der Waals surface area (Å²) in [5.41, 5.74) is 1.83. The molecule has 0 spiro atoms. The second-order valence-electron chi connectivity index (χ2n) is 4.21. The molecule has 0 atom stereocenters. The molecule has 0 saturated carbocycles. The van der Waals surface area contributed by atoms with Crippen LogP contribution in [0.5, 0.6) is 0 Å². The highest BCUT2D eigenvalue weighted by atomic mass is 16.4. The molecule has 0 aliphatic rings. The molecule has 3 rings (SSSR count). The number of fused-ring (bicyclic) bond motifs is 1. The summed E-state index contributed by atoms with van der Waals surface area (Å²) in [6.45, 7) is 1.68. The molecule has 3 aromatic rings. The number of benzene rings is 1. The molecule has 0 amide bonds. The summed E-state index contributed by atoms with van der Waals surface area (Å²) >= 11 is 0. The lowest BCUT2D eigenvalue weighted by molar-refractivity contribution is -0.137. The summed E-state index contributed by atoms with van der Waals surface area (Å²) in [6.07, 6.45) is 0. The van der Waals surface area contributed by atoms with Gasteiger partial charge in [0.2, 0.25) is 5.82 Å². The Morgan fingerprint density at radius 3 is 3.05 bits per heavy atom. The molecule has 19 heavy (non-hydrogen) atoms. The monoisotopic (exact) mass is 258 g/mol. The van der Waals surface area contributed by atoms with Gasteiger partial charge in [-0.25, -0.2) is 4.68 Å². The lowest BCUT2D eigenvalue weighted by Crippen LogP contribution is -2.11. The number of aryl methyl sites for hydroxylation is 1. The van der Waals surface area contributed by atoms with Gasteiger partial charge in [-0.15, -0.1) is 5.10 Å². The van der Waals surface area contributed by atoms with Crippen LogP contribution in [0.25, 0.3) is 22.6 Å². The SMILES string of the molecule is Cc1ccc2oc(-c3nnnn3CC(=O)O)cc2c1. The van der Waals surface area contributed by atoms with Crippen LogP contribution in [-0.2, 0) is 11.3 Å². The van der Waals surface area contributed by atoms with Crippen LogP contribution in [0, 0.1) is 6.92 Å². The van der Waals surface area contributed by atoms with Gasteiger partial charge < -0.3 is 9.52 Å². The summed E-state index contributed by atoms with van der Waals surface area (Å²) in [5.74, 6) is -0.261.